The Morgan fingerprint density at radius 1 is 1.32 bits per heavy atom. The molecule has 2 aromatic rings. The van der Waals surface area contributed by atoms with Crippen molar-refractivity contribution in [1.82, 2.24) is 9.78 Å². The lowest BCUT2D eigenvalue weighted by Gasteiger charge is -2.15. The third-order valence-corrected chi connectivity index (χ3v) is 3.50. The number of halogens is 1. The lowest BCUT2D eigenvalue weighted by molar-refractivity contribution is 0.228. The Labute approximate surface area is 126 Å². The fourth-order valence-electron chi connectivity index (χ4n) is 1.66. The average Bonchev–Trinajstić information content (AvgIpc) is 2.73. The predicted octanol–water partition coefficient (Wildman–Crippen LogP) is 3.39. The number of nitrogens with zero attached hydrogens (tertiary/aromatic N) is 2. The molecule has 1 aromatic carbocycles. The number of aromatic nitrogens is 2. The van der Waals surface area contributed by atoms with Crippen molar-refractivity contribution in [2.75, 3.05) is 0 Å². The predicted molar refractivity (Wildman–Crippen MR) is 82.5 cm³/mol. The first kappa shape index (κ1) is 14.2. The van der Waals surface area contributed by atoms with Crippen LogP contribution in [0.15, 0.2) is 30.5 Å². The van der Waals surface area contributed by atoms with E-state index < -0.39 is 0 Å². The van der Waals surface area contributed by atoms with Gasteiger partial charge in [0, 0.05) is 28.4 Å². The van der Waals surface area contributed by atoms with Gasteiger partial charge in [-0.3, -0.25) is 4.68 Å². The molecule has 102 valence electrons. The van der Waals surface area contributed by atoms with E-state index in [1.807, 2.05) is 51.4 Å². The molecule has 0 fully saturated rings. The zero-order chi connectivity index (χ0) is 13.8. The van der Waals surface area contributed by atoms with Crippen LogP contribution in [0, 0.1) is 3.57 Å². The van der Waals surface area contributed by atoms with E-state index in [-0.39, 0.29) is 6.10 Å². The molecular formula is C14H17IN2O2. The molecule has 4 nitrogen and oxygen atoms in total. The molecule has 0 saturated carbocycles. The highest BCUT2D eigenvalue weighted by atomic mass is 127. The number of rotatable bonds is 5. The first-order chi connectivity index (χ1) is 9.06. The maximum Gasteiger partial charge on any atom is 0.233 e. The Morgan fingerprint density at radius 2 is 2.11 bits per heavy atom. The SMILES string of the molecule is CC(C)Oc1cccc(I)c1COc1ccn(C)n1. The van der Waals surface area contributed by atoms with E-state index in [0.29, 0.717) is 12.5 Å². The third-order valence-electron chi connectivity index (χ3n) is 2.49. The van der Waals surface area contributed by atoms with Gasteiger partial charge in [-0.1, -0.05) is 6.07 Å². The van der Waals surface area contributed by atoms with Gasteiger partial charge in [0.25, 0.3) is 0 Å². The van der Waals surface area contributed by atoms with Gasteiger partial charge in [0.15, 0.2) is 0 Å². The van der Waals surface area contributed by atoms with Crippen LogP contribution in [0.25, 0.3) is 0 Å². The molecule has 0 amide bonds. The largest absolute Gasteiger partial charge is 0.491 e. The van der Waals surface area contributed by atoms with Gasteiger partial charge >= 0.3 is 0 Å². The van der Waals surface area contributed by atoms with Crippen molar-refractivity contribution in [3.05, 3.63) is 39.6 Å². The molecule has 0 atom stereocenters. The first-order valence-electron chi connectivity index (χ1n) is 6.12. The van der Waals surface area contributed by atoms with Crippen LogP contribution in [0.4, 0.5) is 0 Å². The van der Waals surface area contributed by atoms with Crippen LogP contribution in [0.1, 0.15) is 19.4 Å². The molecule has 0 radical (unpaired) electrons. The van der Waals surface area contributed by atoms with Crippen LogP contribution in [-0.2, 0) is 13.7 Å². The number of benzene rings is 1. The van der Waals surface area contributed by atoms with Crippen LogP contribution in [0.2, 0.25) is 0 Å². The van der Waals surface area contributed by atoms with E-state index in [1.54, 1.807) is 4.68 Å². The minimum atomic E-state index is 0.145. The highest BCUT2D eigenvalue weighted by molar-refractivity contribution is 14.1. The van der Waals surface area contributed by atoms with E-state index >= 15 is 0 Å². The molecule has 0 aliphatic carbocycles. The molecule has 19 heavy (non-hydrogen) atoms. The fourth-order valence-corrected chi connectivity index (χ4v) is 2.29. The highest BCUT2D eigenvalue weighted by Crippen LogP contribution is 2.26. The zero-order valence-corrected chi connectivity index (χ0v) is 13.4. The molecule has 1 heterocycles. The Hall–Kier alpha value is -1.24. The van der Waals surface area contributed by atoms with E-state index in [2.05, 4.69) is 27.7 Å². The summed E-state index contributed by atoms with van der Waals surface area (Å²) in [4.78, 5) is 0. The van der Waals surface area contributed by atoms with E-state index in [9.17, 15) is 0 Å². The molecule has 0 aliphatic heterocycles. The zero-order valence-electron chi connectivity index (χ0n) is 11.3. The summed E-state index contributed by atoms with van der Waals surface area (Å²) in [5.41, 5.74) is 1.06. The molecule has 2 rings (SSSR count). The van der Waals surface area contributed by atoms with Crippen LogP contribution in [-0.4, -0.2) is 15.9 Å². The van der Waals surface area contributed by atoms with Crippen LogP contribution in [0.5, 0.6) is 11.6 Å². The standard InChI is InChI=1S/C14H17IN2O2/c1-10(2)19-13-6-4-5-12(15)11(13)9-18-14-7-8-17(3)16-14/h4-8,10H,9H2,1-3H3. The Morgan fingerprint density at radius 3 is 2.74 bits per heavy atom. The third kappa shape index (κ3) is 3.86. The van der Waals surface area contributed by atoms with Crippen molar-refractivity contribution < 1.29 is 9.47 Å². The summed E-state index contributed by atoms with van der Waals surface area (Å²) in [6.07, 6.45) is 2.00. The summed E-state index contributed by atoms with van der Waals surface area (Å²) in [5.74, 6) is 1.50. The van der Waals surface area contributed by atoms with Gasteiger partial charge in [0.2, 0.25) is 5.88 Å². The van der Waals surface area contributed by atoms with Crippen LogP contribution in [0.3, 0.4) is 0 Å². The molecule has 0 unspecified atom stereocenters. The number of hydrogen-bond acceptors (Lipinski definition) is 3. The van der Waals surface area contributed by atoms with E-state index in [1.165, 1.54) is 0 Å². The molecule has 0 N–H and O–H groups in total. The van der Waals surface area contributed by atoms with Crippen molar-refractivity contribution in [1.29, 1.82) is 0 Å². The second-order valence-corrected chi connectivity index (χ2v) is 5.66. The molecular weight excluding hydrogens is 355 g/mol. The number of hydrogen-bond donors (Lipinski definition) is 0. The van der Waals surface area contributed by atoms with Crippen molar-refractivity contribution in [3.8, 4) is 11.6 Å². The van der Waals surface area contributed by atoms with Crippen molar-refractivity contribution in [2.24, 2.45) is 7.05 Å². The van der Waals surface area contributed by atoms with Gasteiger partial charge in [-0.05, 0) is 48.6 Å². The Kier molecular flexibility index (Phi) is 4.68. The van der Waals surface area contributed by atoms with Crippen LogP contribution < -0.4 is 9.47 Å². The second kappa shape index (κ2) is 6.27. The van der Waals surface area contributed by atoms with Gasteiger partial charge in [-0.25, -0.2) is 0 Å². The minimum absolute atomic E-state index is 0.145. The normalized spacial score (nSPS) is 10.8. The summed E-state index contributed by atoms with van der Waals surface area (Å²) in [6, 6.07) is 7.85. The lowest BCUT2D eigenvalue weighted by Crippen LogP contribution is -2.09. The van der Waals surface area contributed by atoms with Gasteiger partial charge in [-0.2, -0.15) is 0 Å². The van der Waals surface area contributed by atoms with Gasteiger partial charge in [0.1, 0.15) is 12.4 Å². The summed E-state index contributed by atoms with van der Waals surface area (Å²) in [5, 5.41) is 4.20. The molecule has 0 aliphatic rings. The van der Waals surface area contributed by atoms with Gasteiger partial charge in [-0.15, -0.1) is 5.10 Å². The van der Waals surface area contributed by atoms with Crippen molar-refractivity contribution >= 4 is 22.6 Å². The smallest absolute Gasteiger partial charge is 0.233 e. The lowest BCUT2D eigenvalue weighted by atomic mass is 10.2. The number of aryl methyl sites for hydroxylation is 1. The quantitative estimate of drug-likeness (QED) is 0.755. The Bertz CT molecular complexity index is 552. The highest BCUT2D eigenvalue weighted by Gasteiger charge is 2.10. The molecule has 0 saturated heterocycles. The first-order valence-corrected chi connectivity index (χ1v) is 7.20. The van der Waals surface area contributed by atoms with Gasteiger partial charge in [0.05, 0.1) is 6.10 Å². The van der Waals surface area contributed by atoms with Crippen molar-refractivity contribution in [3.63, 3.8) is 0 Å². The molecule has 1 aromatic heterocycles. The van der Waals surface area contributed by atoms with E-state index in [0.717, 1.165) is 14.9 Å². The minimum Gasteiger partial charge on any atom is -0.491 e. The fraction of sp³-hybridized carbons (Fsp3) is 0.357. The summed E-state index contributed by atoms with van der Waals surface area (Å²) < 4.78 is 14.4. The Balaban J connectivity index is 2.14. The number of ether oxygens (including phenoxy) is 2. The summed E-state index contributed by atoms with van der Waals surface area (Å²) >= 11 is 2.30. The van der Waals surface area contributed by atoms with Crippen molar-refractivity contribution in [2.45, 2.75) is 26.6 Å². The summed E-state index contributed by atoms with van der Waals surface area (Å²) in [6.45, 7) is 4.49. The second-order valence-electron chi connectivity index (χ2n) is 4.50. The maximum absolute atomic E-state index is 5.81. The van der Waals surface area contributed by atoms with Crippen LogP contribution >= 0.6 is 22.6 Å². The molecule has 5 heteroatoms. The topological polar surface area (TPSA) is 36.3 Å². The maximum atomic E-state index is 5.81. The van der Waals surface area contributed by atoms with Gasteiger partial charge < -0.3 is 9.47 Å². The summed E-state index contributed by atoms with van der Waals surface area (Å²) in [7, 11) is 1.87. The molecule has 0 bridgehead atoms. The average molecular weight is 372 g/mol. The monoisotopic (exact) mass is 372 g/mol. The van der Waals surface area contributed by atoms with E-state index in [4.69, 9.17) is 9.47 Å². The molecule has 0 spiro atoms.